The van der Waals surface area contributed by atoms with Gasteiger partial charge in [-0.3, -0.25) is 34.8 Å². The highest BCUT2D eigenvalue weighted by Crippen LogP contribution is 2.35. The number of carbonyl (C=O) groups excluding carboxylic acids is 3. The van der Waals surface area contributed by atoms with Crippen molar-refractivity contribution in [1.82, 2.24) is 40.3 Å². The maximum absolute atomic E-state index is 13.5. The molecular weight excluding hydrogens is 701 g/mol. The number of hydrogen-bond acceptors (Lipinski definition) is 10. The van der Waals surface area contributed by atoms with Crippen LogP contribution in [0.3, 0.4) is 0 Å². The summed E-state index contributed by atoms with van der Waals surface area (Å²) in [7, 11) is 0. The van der Waals surface area contributed by atoms with Gasteiger partial charge >= 0.3 is 6.03 Å². The van der Waals surface area contributed by atoms with Gasteiger partial charge in [0.15, 0.2) is 0 Å². The predicted molar refractivity (Wildman–Crippen MR) is 206 cm³/mol. The number of urea groups is 1. The molecule has 1 saturated carbocycles. The minimum Gasteiger partial charge on any atom is -0.363 e. The summed E-state index contributed by atoms with van der Waals surface area (Å²) < 4.78 is 1.58. The summed E-state index contributed by atoms with van der Waals surface area (Å²) in [4.78, 5) is 59.4. The van der Waals surface area contributed by atoms with Gasteiger partial charge in [-0.2, -0.15) is 0 Å². The molecule has 288 valence electrons. The lowest BCUT2D eigenvalue weighted by Crippen LogP contribution is -2.53. The molecule has 1 aliphatic carbocycles. The van der Waals surface area contributed by atoms with Crippen LogP contribution in [0.1, 0.15) is 54.6 Å². The van der Waals surface area contributed by atoms with Gasteiger partial charge in [0, 0.05) is 70.9 Å². The van der Waals surface area contributed by atoms with Crippen LogP contribution in [0.4, 0.5) is 16.2 Å². The number of nitro benzene ring substituents is 1. The molecule has 2 saturated heterocycles. The van der Waals surface area contributed by atoms with E-state index >= 15 is 0 Å². The number of carbonyl (C=O) groups is 3. The standard InChI is InChI=1S/C40H48N10O5/c51-36(29-49-28-33(43-44-49)27-45-19-21-46(22-20-45)34-17-9-10-18-35(34)50(54)55)47-23-25-48(26-24-47)38(31-13-5-2-6-14-31)37(30-11-3-1-4-12-30)41-40(53)42-39(52)32-15-7-8-16-32/h1-6,9-14,17-18,28,32,37-38H,7-8,15-16,19-27,29H2,(H2,41,42,52,53)/t37-,38+/m1/s1. The molecule has 4 aromatic rings. The Labute approximate surface area is 320 Å². The second kappa shape index (κ2) is 17.6. The number of benzene rings is 3. The summed E-state index contributed by atoms with van der Waals surface area (Å²) in [5.74, 6) is -0.397. The van der Waals surface area contributed by atoms with Crippen molar-refractivity contribution in [1.29, 1.82) is 0 Å². The Morgan fingerprint density at radius 1 is 0.800 bits per heavy atom. The van der Waals surface area contributed by atoms with Gasteiger partial charge in [0.05, 0.1) is 28.9 Å². The van der Waals surface area contributed by atoms with Crippen molar-refractivity contribution in [3.05, 3.63) is 118 Å². The minimum absolute atomic E-state index is 0.0482. The average Bonchev–Trinajstić information content (AvgIpc) is 3.92. The van der Waals surface area contributed by atoms with Crippen molar-refractivity contribution in [3.63, 3.8) is 0 Å². The van der Waals surface area contributed by atoms with Gasteiger partial charge in [-0.25, -0.2) is 9.48 Å². The summed E-state index contributed by atoms with van der Waals surface area (Å²) in [5.41, 5.74) is 3.45. The highest BCUT2D eigenvalue weighted by molar-refractivity contribution is 5.95. The van der Waals surface area contributed by atoms with Crippen LogP contribution >= 0.6 is 0 Å². The fourth-order valence-corrected chi connectivity index (χ4v) is 8.09. The zero-order chi connectivity index (χ0) is 38.1. The smallest absolute Gasteiger partial charge is 0.321 e. The van der Waals surface area contributed by atoms with E-state index in [1.54, 1.807) is 16.8 Å². The summed E-state index contributed by atoms with van der Waals surface area (Å²) in [6.45, 7) is 5.56. The quantitative estimate of drug-likeness (QED) is 0.159. The monoisotopic (exact) mass is 748 g/mol. The molecule has 2 atom stereocenters. The summed E-state index contributed by atoms with van der Waals surface area (Å²) in [6, 6.07) is 25.5. The molecule has 4 amide bonds. The van der Waals surface area contributed by atoms with Crippen LogP contribution in [0.5, 0.6) is 0 Å². The molecule has 55 heavy (non-hydrogen) atoms. The maximum atomic E-state index is 13.5. The molecular formula is C40H48N10O5. The second-order valence-electron chi connectivity index (χ2n) is 14.5. The number of amides is 4. The first kappa shape index (κ1) is 37.6. The number of hydrogen-bond donors (Lipinski definition) is 2. The van der Waals surface area contributed by atoms with Gasteiger partial charge in [0.25, 0.3) is 5.69 Å². The van der Waals surface area contributed by atoms with E-state index in [0.29, 0.717) is 51.5 Å². The van der Waals surface area contributed by atoms with E-state index < -0.39 is 12.1 Å². The molecule has 2 N–H and O–H groups in total. The van der Waals surface area contributed by atoms with Crippen LogP contribution < -0.4 is 15.5 Å². The molecule has 7 rings (SSSR count). The van der Waals surface area contributed by atoms with Crippen LogP contribution in [0, 0.1) is 16.0 Å². The van der Waals surface area contributed by atoms with E-state index in [1.807, 2.05) is 70.6 Å². The number of aromatic nitrogens is 3. The number of nitrogens with one attached hydrogen (secondary N) is 2. The number of imide groups is 1. The lowest BCUT2D eigenvalue weighted by atomic mass is 9.91. The fraction of sp³-hybridized carbons (Fsp3) is 0.425. The Kier molecular flexibility index (Phi) is 12.1. The highest BCUT2D eigenvalue weighted by Gasteiger charge is 2.35. The molecule has 0 bridgehead atoms. The number of piperazine rings is 2. The van der Waals surface area contributed by atoms with E-state index in [0.717, 1.165) is 55.6 Å². The van der Waals surface area contributed by atoms with Crippen LogP contribution in [-0.2, 0) is 22.7 Å². The van der Waals surface area contributed by atoms with Crippen LogP contribution in [0.25, 0.3) is 0 Å². The van der Waals surface area contributed by atoms with Crippen molar-refractivity contribution in [3.8, 4) is 0 Å². The summed E-state index contributed by atoms with van der Waals surface area (Å²) in [5, 5.41) is 25.9. The van der Waals surface area contributed by atoms with E-state index in [9.17, 15) is 24.5 Å². The molecule has 1 aromatic heterocycles. The molecule has 0 radical (unpaired) electrons. The van der Waals surface area contributed by atoms with Gasteiger partial charge in [0.2, 0.25) is 11.8 Å². The van der Waals surface area contributed by atoms with Crippen molar-refractivity contribution < 1.29 is 19.3 Å². The van der Waals surface area contributed by atoms with Crippen molar-refractivity contribution in [2.45, 2.75) is 50.9 Å². The molecule has 0 unspecified atom stereocenters. The SMILES string of the molecule is O=C(NC(=O)C1CCCC1)N[C@H](c1ccccc1)[C@H](c1ccccc1)N1CCN(C(=O)Cn2cc(CN3CCN(c4ccccc4[N+](=O)[O-])CC3)nn2)CC1. The second-order valence-corrected chi connectivity index (χ2v) is 14.5. The van der Waals surface area contributed by atoms with E-state index in [-0.39, 0.29) is 40.9 Å². The van der Waals surface area contributed by atoms with Gasteiger partial charge in [-0.15, -0.1) is 5.10 Å². The number of nitrogens with zero attached hydrogens (tertiary/aromatic N) is 8. The summed E-state index contributed by atoms with van der Waals surface area (Å²) in [6.07, 6.45) is 5.43. The molecule has 3 fully saturated rings. The third kappa shape index (κ3) is 9.35. The molecule has 3 aliphatic rings. The van der Waals surface area contributed by atoms with Gasteiger partial charge < -0.3 is 15.1 Å². The highest BCUT2D eigenvalue weighted by atomic mass is 16.6. The lowest BCUT2D eigenvalue weighted by Gasteiger charge is -2.42. The normalized spacial score (nSPS) is 18.1. The third-order valence-corrected chi connectivity index (χ3v) is 11.0. The van der Waals surface area contributed by atoms with Crippen molar-refractivity contribution in [2.24, 2.45) is 5.92 Å². The van der Waals surface area contributed by atoms with E-state index in [4.69, 9.17) is 0 Å². The lowest BCUT2D eigenvalue weighted by molar-refractivity contribution is -0.384. The van der Waals surface area contributed by atoms with Crippen LogP contribution in [0.15, 0.2) is 91.1 Å². The van der Waals surface area contributed by atoms with E-state index in [1.165, 1.54) is 6.07 Å². The zero-order valence-electron chi connectivity index (χ0n) is 30.9. The Bertz CT molecular complexity index is 1920. The third-order valence-electron chi connectivity index (χ3n) is 11.0. The molecule has 2 aliphatic heterocycles. The Balaban J connectivity index is 0.954. The topological polar surface area (TPSA) is 162 Å². The minimum atomic E-state index is -0.506. The maximum Gasteiger partial charge on any atom is 0.321 e. The van der Waals surface area contributed by atoms with E-state index in [2.05, 4.69) is 42.9 Å². The van der Waals surface area contributed by atoms with Gasteiger partial charge in [-0.05, 0) is 30.0 Å². The Morgan fingerprint density at radius 2 is 1.44 bits per heavy atom. The number of anilines is 1. The van der Waals surface area contributed by atoms with Gasteiger partial charge in [0.1, 0.15) is 12.2 Å². The Hall–Kier alpha value is -5.67. The molecule has 0 spiro atoms. The molecule has 3 aromatic carbocycles. The van der Waals surface area contributed by atoms with Crippen LogP contribution in [-0.4, -0.2) is 105 Å². The average molecular weight is 749 g/mol. The zero-order valence-corrected chi connectivity index (χ0v) is 30.9. The van der Waals surface area contributed by atoms with Crippen LogP contribution in [0.2, 0.25) is 0 Å². The number of para-hydroxylation sites is 2. The molecule has 15 heteroatoms. The number of rotatable bonds is 12. The van der Waals surface area contributed by atoms with Gasteiger partial charge in [-0.1, -0.05) is 90.9 Å². The first-order valence-corrected chi connectivity index (χ1v) is 19.1. The molecule has 15 nitrogen and oxygen atoms in total. The van der Waals surface area contributed by atoms with Crippen molar-refractivity contribution in [2.75, 3.05) is 57.3 Å². The first-order chi connectivity index (χ1) is 26.8. The fourth-order valence-electron chi connectivity index (χ4n) is 8.09. The number of nitro groups is 1. The summed E-state index contributed by atoms with van der Waals surface area (Å²) >= 11 is 0. The van der Waals surface area contributed by atoms with Crippen molar-refractivity contribution >= 4 is 29.2 Å². The Morgan fingerprint density at radius 3 is 2.11 bits per heavy atom. The molecule has 3 heterocycles. The largest absolute Gasteiger partial charge is 0.363 e. The first-order valence-electron chi connectivity index (χ1n) is 19.1. The predicted octanol–water partition coefficient (Wildman–Crippen LogP) is 4.15.